The van der Waals surface area contributed by atoms with Crippen molar-refractivity contribution in [3.05, 3.63) is 0 Å². The van der Waals surface area contributed by atoms with Gasteiger partial charge in [0.25, 0.3) is 0 Å². The Balaban J connectivity index is 3.83. The Kier molecular flexibility index (Phi) is 2.38. The van der Waals surface area contributed by atoms with Crippen LogP contribution in [-0.4, -0.2) is 21.2 Å². The Morgan fingerprint density at radius 2 is 1.38 bits per heavy atom. The molecule has 0 aromatic rings. The van der Waals surface area contributed by atoms with Gasteiger partial charge in [-0.1, -0.05) is 0 Å². The number of ketones is 2. The van der Waals surface area contributed by atoms with E-state index in [2.05, 4.69) is 0 Å². The fourth-order valence-electron chi connectivity index (χ4n) is 0.302. The minimum atomic E-state index is -0.185. The van der Waals surface area contributed by atoms with Crippen molar-refractivity contribution in [2.24, 2.45) is 5.92 Å². The standard InChI is InChI=1S/C6H10O2/c1-4(5(2)7)6(3)8/h4H,1-3H3/p+2. The van der Waals surface area contributed by atoms with Gasteiger partial charge in [0.1, 0.15) is 0 Å². The third-order valence-corrected chi connectivity index (χ3v) is 1.25. The van der Waals surface area contributed by atoms with Crippen LogP contribution < -0.4 is 0 Å². The Morgan fingerprint density at radius 3 is 1.38 bits per heavy atom. The lowest BCUT2D eigenvalue weighted by Crippen LogP contribution is -2.15. The quantitative estimate of drug-likeness (QED) is 0.377. The van der Waals surface area contributed by atoms with Crippen molar-refractivity contribution in [1.29, 1.82) is 0 Å². The summed E-state index contributed by atoms with van der Waals surface area (Å²) in [5.74, 6) is 0.324. The van der Waals surface area contributed by atoms with Crippen LogP contribution in [0, 0.1) is 5.92 Å². The Hall–Kier alpha value is -0.660. The molecule has 2 N–H and O–H groups in total. The van der Waals surface area contributed by atoms with Crippen LogP contribution >= 0.6 is 0 Å². The van der Waals surface area contributed by atoms with E-state index in [9.17, 15) is 0 Å². The molecule has 0 rings (SSSR count). The highest BCUT2D eigenvalue weighted by Gasteiger charge is 2.22. The van der Waals surface area contributed by atoms with Gasteiger partial charge in [-0.05, 0) is 6.92 Å². The number of rotatable bonds is 2. The summed E-state index contributed by atoms with van der Waals surface area (Å²) in [6, 6.07) is 0. The molecule has 0 aliphatic heterocycles. The van der Waals surface area contributed by atoms with Crippen LogP contribution in [0.5, 0.6) is 0 Å². The zero-order chi connectivity index (χ0) is 6.73. The molecule has 0 heterocycles. The normalized spacial score (nSPS) is 12.9. The van der Waals surface area contributed by atoms with Crippen LogP contribution in [0.1, 0.15) is 20.8 Å². The second kappa shape index (κ2) is 2.60. The highest BCUT2D eigenvalue weighted by molar-refractivity contribution is 6.00. The van der Waals surface area contributed by atoms with E-state index in [0.717, 1.165) is 0 Å². The SMILES string of the molecule is CC(=[OH+])C(C)C(C)=[OH+]. The molecule has 46 valence electrons. The van der Waals surface area contributed by atoms with Gasteiger partial charge in [0.2, 0.25) is 0 Å². The van der Waals surface area contributed by atoms with Gasteiger partial charge in [-0.2, -0.15) is 0 Å². The first-order valence-corrected chi connectivity index (χ1v) is 2.60. The van der Waals surface area contributed by atoms with Crippen LogP contribution in [0.2, 0.25) is 0 Å². The maximum Gasteiger partial charge on any atom is 0.305 e. The molecule has 0 fully saturated rings. The van der Waals surface area contributed by atoms with Crippen molar-refractivity contribution in [3.63, 3.8) is 0 Å². The molecule has 2 nitrogen and oxygen atoms in total. The molecule has 0 saturated carbocycles. The highest BCUT2D eigenvalue weighted by Crippen LogP contribution is 1.95. The maximum absolute atomic E-state index is 8.73. The maximum atomic E-state index is 8.73. The van der Waals surface area contributed by atoms with E-state index in [1.807, 2.05) is 0 Å². The van der Waals surface area contributed by atoms with Crippen LogP contribution in [0.25, 0.3) is 0 Å². The number of hydrogen-bond acceptors (Lipinski definition) is 0. The smallest absolute Gasteiger partial charge is 0.283 e. The molecule has 0 unspecified atom stereocenters. The van der Waals surface area contributed by atoms with Gasteiger partial charge in [0.15, 0.2) is 5.92 Å². The van der Waals surface area contributed by atoms with Crippen LogP contribution in [0.3, 0.4) is 0 Å². The Morgan fingerprint density at radius 1 is 1.12 bits per heavy atom. The zero-order valence-electron chi connectivity index (χ0n) is 5.47. The monoisotopic (exact) mass is 116 g/mol. The molecule has 0 aromatic heterocycles. The summed E-state index contributed by atoms with van der Waals surface area (Å²) < 4.78 is 0. The van der Waals surface area contributed by atoms with Crippen LogP contribution in [0.4, 0.5) is 0 Å². The molecule has 0 amide bonds. The second-order valence-electron chi connectivity index (χ2n) is 2.00. The van der Waals surface area contributed by atoms with Crippen molar-refractivity contribution in [2.45, 2.75) is 20.8 Å². The average Bonchev–Trinajstić information content (AvgIpc) is 1.64. The van der Waals surface area contributed by atoms with E-state index in [-0.39, 0.29) is 17.5 Å². The molecular weight excluding hydrogens is 104 g/mol. The summed E-state index contributed by atoms with van der Waals surface area (Å²) in [5, 5.41) is 0. The summed E-state index contributed by atoms with van der Waals surface area (Å²) in [6.45, 7) is 4.89. The first-order valence-electron chi connectivity index (χ1n) is 2.60. The predicted octanol–water partition coefficient (Wildman–Crippen LogP) is 0.752. The van der Waals surface area contributed by atoms with E-state index < -0.39 is 0 Å². The minimum absolute atomic E-state index is 0.185. The largest absolute Gasteiger partial charge is 0.305 e. The summed E-state index contributed by atoms with van der Waals surface area (Å²) >= 11 is 0. The van der Waals surface area contributed by atoms with E-state index in [4.69, 9.17) is 9.59 Å². The summed E-state index contributed by atoms with van der Waals surface area (Å²) in [5.41, 5.74) is 0. The molecule has 0 radical (unpaired) electrons. The lowest BCUT2D eigenvalue weighted by molar-refractivity contribution is 0.610. The van der Waals surface area contributed by atoms with Crippen molar-refractivity contribution in [3.8, 4) is 0 Å². The molecule has 8 heavy (non-hydrogen) atoms. The van der Waals surface area contributed by atoms with Gasteiger partial charge in [-0.3, -0.25) is 9.59 Å². The Labute approximate surface area is 48.9 Å². The van der Waals surface area contributed by atoms with Crippen molar-refractivity contribution >= 4 is 11.6 Å². The first-order chi connectivity index (χ1) is 3.55. The second-order valence-corrected chi connectivity index (χ2v) is 2.00. The lowest BCUT2D eigenvalue weighted by atomic mass is 10.0. The van der Waals surface area contributed by atoms with E-state index >= 15 is 0 Å². The third kappa shape index (κ3) is 1.87. The van der Waals surface area contributed by atoms with Gasteiger partial charge < -0.3 is 0 Å². The van der Waals surface area contributed by atoms with Gasteiger partial charge in [0, 0.05) is 13.8 Å². The number of hydrogen-bond donors (Lipinski definition) is 0. The predicted molar refractivity (Wildman–Crippen MR) is 34.4 cm³/mol. The van der Waals surface area contributed by atoms with Gasteiger partial charge in [0.05, 0.1) is 0 Å². The van der Waals surface area contributed by atoms with Gasteiger partial charge >= 0.3 is 11.6 Å². The first kappa shape index (κ1) is 7.34. The Bertz CT molecular complexity index is 102. The summed E-state index contributed by atoms with van der Waals surface area (Å²) in [6.07, 6.45) is 0. The highest BCUT2D eigenvalue weighted by atomic mass is 16.1. The zero-order valence-corrected chi connectivity index (χ0v) is 5.47. The average molecular weight is 116 g/mol. The summed E-state index contributed by atoms with van der Waals surface area (Å²) in [4.78, 5) is 17.5. The lowest BCUT2D eigenvalue weighted by Gasteiger charge is -1.87. The summed E-state index contributed by atoms with van der Waals surface area (Å²) in [7, 11) is 0. The molecular formula is C6H12O2+2. The van der Waals surface area contributed by atoms with E-state index in [0.29, 0.717) is 0 Å². The molecule has 0 bridgehead atoms. The van der Waals surface area contributed by atoms with Crippen molar-refractivity contribution in [2.75, 3.05) is 0 Å². The molecule has 0 aromatic carbocycles. The molecule has 0 atom stereocenters. The minimum Gasteiger partial charge on any atom is -0.283 e. The van der Waals surface area contributed by atoms with Gasteiger partial charge in [-0.25, -0.2) is 0 Å². The molecule has 0 spiro atoms. The number of carbonyl (C=O) groups excluding carboxylic acids is 2. The van der Waals surface area contributed by atoms with Crippen molar-refractivity contribution < 1.29 is 9.59 Å². The van der Waals surface area contributed by atoms with Crippen molar-refractivity contribution in [1.82, 2.24) is 0 Å². The van der Waals surface area contributed by atoms with Gasteiger partial charge in [-0.15, -0.1) is 0 Å². The van der Waals surface area contributed by atoms with E-state index in [1.165, 1.54) is 0 Å². The molecule has 0 aliphatic rings. The molecule has 0 saturated heterocycles. The fraction of sp³-hybridized carbons (Fsp3) is 0.667. The fourth-order valence-corrected chi connectivity index (χ4v) is 0.302. The van der Waals surface area contributed by atoms with Crippen LogP contribution in [-0.2, 0) is 0 Å². The molecule has 0 aliphatic carbocycles. The third-order valence-electron chi connectivity index (χ3n) is 1.25. The van der Waals surface area contributed by atoms with E-state index in [1.54, 1.807) is 20.8 Å². The van der Waals surface area contributed by atoms with Crippen LogP contribution in [0.15, 0.2) is 0 Å². The topological polar surface area (TPSA) is 42.8 Å². The molecule has 2 heteroatoms.